The Hall–Kier alpha value is -1.75. The molecule has 4 heteroatoms. The molecule has 0 bridgehead atoms. The van der Waals surface area contributed by atoms with Gasteiger partial charge in [-0.2, -0.15) is 8.65 Å². The predicted octanol–water partition coefficient (Wildman–Crippen LogP) is 4.39. The van der Waals surface area contributed by atoms with E-state index in [9.17, 15) is 4.79 Å². The van der Waals surface area contributed by atoms with Crippen LogP contribution in [-0.2, 0) is 20.9 Å². The molecule has 0 radical (unpaired) electrons. The summed E-state index contributed by atoms with van der Waals surface area (Å²) in [5, 5.41) is 2.38. The predicted molar refractivity (Wildman–Crippen MR) is 92.4 cm³/mol. The number of carbonyl (C=O) groups excluding carboxylic acids is 1. The largest absolute Gasteiger partial charge is 0.388 e. The molecule has 0 amide bonds. The molecule has 3 aromatic carbocycles. The molecule has 5 rings (SSSR count). The van der Waals surface area contributed by atoms with Gasteiger partial charge in [0.25, 0.3) is 0 Å². The van der Waals surface area contributed by atoms with E-state index in [0.717, 1.165) is 26.4 Å². The van der Waals surface area contributed by atoms with Crippen LogP contribution in [0.3, 0.4) is 0 Å². The van der Waals surface area contributed by atoms with Gasteiger partial charge in [-0.3, -0.25) is 0 Å². The van der Waals surface area contributed by atoms with Crippen molar-refractivity contribution in [3.63, 3.8) is 0 Å². The Labute approximate surface area is 132 Å². The molecule has 0 saturated heterocycles. The van der Waals surface area contributed by atoms with Crippen LogP contribution in [0.5, 0.6) is 0 Å². The minimum Gasteiger partial charge on any atom is -0.388 e. The maximum atomic E-state index is 12.8. The standard InChI is InChI=1S/C18H13O2S2/c19-18-14-8-3-6-12-7-4-10-16(17(12)14)22(21-18)15-9-2-1-5-13(15)11-20-22/h1-10,21H,11H2/q-1. The molecule has 2 heterocycles. The lowest BCUT2D eigenvalue weighted by Gasteiger charge is -2.33. The first-order valence-corrected chi connectivity index (χ1v) is 10.2. The van der Waals surface area contributed by atoms with Gasteiger partial charge in [-0.05, 0) is 23.1 Å². The third-order valence-electron chi connectivity index (χ3n) is 4.26. The van der Waals surface area contributed by atoms with Gasteiger partial charge in [0.1, 0.15) is 0 Å². The Morgan fingerprint density at radius 3 is 2.59 bits per heavy atom. The molecule has 110 valence electrons. The first-order chi connectivity index (χ1) is 10.8. The van der Waals surface area contributed by atoms with Gasteiger partial charge in [0.2, 0.25) is 0 Å². The molecule has 1 atom stereocenters. The van der Waals surface area contributed by atoms with Gasteiger partial charge in [0.15, 0.2) is 0 Å². The Kier molecular flexibility index (Phi) is 2.54. The Morgan fingerprint density at radius 2 is 1.68 bits per heavy atom. The fraction of sp³-hybridized carbons (Fsp3) is 0.0556. The smallest absolute Gasteiger partial charge is 0.0840 e. The summed E-state index contributed by atoms with van der Waals surface area (Å²) in [6, 6.07) is 20.6. The van der Waals surface area contributed by atoms with E-state index in [1.54, 1.807) is 0 Å². The highest BCUT2D eigenvalue weighted by molar-refractivity contribution is 8.50. The molecule has 2 aliphatic heterocycles. The molecular formula is C18H13O2S2-. The third-order valence-corrected chi connectivity index (χ3v) is 10.1. The van der Waals surface area contributed by atoms with Gasteiger partial charge >= 0.3 is 0 Å². The Morgan fingerprint density at radius 1 is 0.909 bits per heavy atom. The van der Waals surface area contributed by atoms with Crippen LogP contribution in [0.2, 0.25) is 0 Å². The molecule has 1 unspecified atom stereocenters. The van der Waals surface area contributed by atoms with Gasteiger partial charge in [-0.1, -0.05) is 48.5 Å². The third kappa shape index (κ3) is 1.50. The zero-order valence-electron chi connectivity index (χ0n) is 11.7. The van der Waals surface area contributed by atoms with E-state index in [2.05, 4.69) is 36.4 Å². The quantitative estimate of drug-likeness (QED) is 0.452. The second kappa shape index (κ2) is 4.38. The lowest BCUT2D eigenvalue weighted by atomic mass is 10.1. The van der Waals surface area contributed by atoms with Crippen LogP contribution >= 0.6 is 8.65 Å². The van der Waals surface area contributed by atoms with E-state index in [-0.39, 0.29) is 5.12 Å². The summed E-state index contributed by atoms with van der Waals surface area (Å²) in [6.07, 6.45) is 0. The van der Waals surface area contributed by atoms with Gasteiger partial charge in [-0.25, -0.2) is 0 Å². The van der Waals surface area contributed by atoms with Crippen molar-refractivity contribution in [3.05, 3.63) is 71.8 Å². The second-order valence-corrected chi connectivity index (χ2v) is 10.3. The maximum absolute atomic E-state index is 12.8. The van der Waals surface area contributed by atoms with Crippen molar-refractivity contribution < 1.29 is 8.98 Å². The number of benzene rings is 3. The second-order valence-electron chi connectivity index (χ2n) is 5.45. The summed E-state index contributed by atoms with van der Waals surface area (Å²) in [5.41, 5.74) is 2.05. The monoisotopic (exact) mass is 325 g/mol. The average Bonchev–Trinajstić information content (AvgIpc) is 2.92. The minimum atomic E-state index is -1.71. The number of thiol groups is 1. The van der Waals surface area contributed by atoms with E-state index in [0.29, 0.717) is 6.61 Å². The molecule has 22 heavy (non-hydrogen) atoms. The summed E-state index contributed by atoms with van der Waals surface area (Å²) >= 11 is 0. The van der Waals surface area contributed by atoms with Crippen molar-refractivity contribution in [3.8, 4) is 0 Å². The molecule has 0 aromatic heterocycles. The Bertz CT molecular complexity index is 1090. The molecule has 1 spiro atoms. The van der Waals surface area contributed by atoms with Crippen molar-refractivity contribution >= 4 is 34.6 Å². The van der Waals surface area contributed by atoms with Crippen LogP contribution in [0.4, 0.5) is 0 Å². The first kappa shape index (κ1) is 12.8. The number of hydrogen-bond donors (Lipinski definition) is 0. The molecule has 0 fully saturated rings. The molecule has 2 nitrogen and oxygen atoms in total. The van der Waals surface area contributed by atoms with Crippen LogP contribution in [0.25, 0.3) is 10.8 Å². The van der Waals surface area contributed by atoms with Crippen molar-refractivity contribution in [1.82, 2.24) is 0 Å². The van der Waals surface area contributed by atoms with Crippen LogP contribution in [-0.4, -0.2) is 5.12 Å². The van der Waals surface area contributed by atoms with Crippen LogP contribution in [0, 0.1) is 0 Å². The van der Waals surface area contributed by atoms with Gasteiger partial charge in [0, 0.05) is 20.7 Å². The molecule has 0 aliphatic carbocycles. The summed E-state index contributed by atoms with van der Waals surface area (Å²) in [5.74, 6) is 0. The van der Waals surface area contributed by atoms with Crippen LogP contribution in [0.15, 0.2) is 70.5 Å². The van der Waals surface area contributed by atoms with Crippen molar-refractivity contribution in [1.29, 1.82) is 0 Å². The number of fused-ring (bicyclic) bond motifs is 3. The van der Waals surface area contributed by atoms with E-state index in [1.807, 2.05) is 24.3 Å². The number of carbonyl (C=O) groups is 1. The van der Waals surface area contributed by atoms with Gasteiger partial charge in [0.05, 0.1) is 11.7 Å². The van der Waals surface area contributed by atoms with Crippen molar-refractivity contribution in [2.24, 2.45) is 0 Å². The summed E-state index contributed by atoms with van der Waals surface area (Å²) in [7, 11) is -0.940. The maximum Gasteiger partial charge on any atom is 0.0840 e. The van der Waals surface area contributed by atoms with Crippen LogP contribution < -0.4 is 0 Å². The summed E-state index contributed by atoms with van der Waals surface area (Å²) in [4.78, 5) is 15.2. The summed E-state index contributed by atoms with van der Waals surface area (Å²) in [6.45, 7) is 0.602. The fourth-order valence-electron chi connectivity index (χ4n) is 3.29. The van der Waals surface area contributed by atoms with Crippen molar-refractivity contribution in [2.75, 3.05) is 0 Å². The van der Waals surface area contributed by atoms with Gasteiger partial charge < -0.3 is 19.1 Å². The first-order valence-electron chi connectivity index (χ1n) is 7.14. The topological polar surface area (TPSA) is 26.3 Å². The highest BCUT2D eigenvalue weighted by Crippen LogP contribution is 2.61. The van der Waals surface area contributed by atoms with E-state index in [1.165, 1.54) is 15.4 Å². The van der Waals surface area contributed by atoms with Crippen LogP contribution in [0.1, 0.15) is 15.9 Å². The number of hydrogen-bond acceptors (Lipinski definition) is 3. The molecule has 0 N–H and O–H groups in total. The minimum absolute atomic E-state index is 0.177. The summed E-state index contributed by atoms with van der Waals surface area (Å²) < 4.78 is 6.32. The molecular weight excluding hydrogens is 312 g/mol. The highest BCUT2D eigenvalue weighted by atomic mass is 32.7. The molecule has 0 saturated carbocycles. The molecule has 2 aliphatic rings. The van der Waals surface area contributed by atoms with E-state index >= 15 is 0 Å². The lowest BCUT2D eigenvalue weighted by molar-refractivity contribution is 0.109. The van der Waals surface area contributed by atoms with E-state index in [4.69, 9.17) is 4.18 Å². The highest BCUT2D eigenvalue weighted by Gasteiger charge is 2.27. The van der Waals surface area contributed by atoms with E-state index < -0.39 is 8.65 Å². The molecule has 3 aromatic rings. The zero-order chi connectivity index (χ0) is 14.7. The lowest BCUT2D eigenvalue weighted by Crippen LogP contribution is -2.05. The van der Waals surface area contributed by atoms with Gasteiger partial charge in [-0.15, -0.1) is 0 Å². The normalized spacial score (nSPS) is 22.3. The average molecular weight is 325 g/mol. The Balaban J connectivity index is 1.99. The fourth-order valence-corrected chi connectivity index (χ4v) is 9.25. The zero-order valence-corrected chi connectivity index (χ0v) is 13.4. The van der Waals surface area contributed by atoms with Crippen molar-refractivity contribution in [2.45, 2.75) is 16.4 Å². The number of rotatable bonds is 0. The SMILES string of the molecule is O=C1[SH-]#S2(OCc3ccccc32)c2cccc3cccc1c23.